The van der Waals surface area contributed by atoms with Gasteiger partial charge in [-0.25, -0.2) is 18.2 Å². The number of imidazole rings is 1. The Labute approximate surface area is 192 Å². The maximum atomic E-state index is 13.7. The Morgan fingerprint density at radius 3 is 2.65 bits per heavy atom. The lowest BCUT2D eigenvalue weighted by atomic mass is 9.97. The minimum absolute atomic E-state index is 0.00976. The Morgan fingerprint density at radius 2 is 1.85 bits per heavy atom. The van der Waals surface area contributed by atoms with Crippen LogP contribution in [0.1, 0.15) is 19.8 Å². The molecule has 2 aromatic heterocycles. The van der Waals surface area contributed by atoms with Gasteiger partial charge >= 0.3 is 0 Å². The Bertz CT molecular complexity index is 1390. The van der Waals surface area contributed by atoms with E-state index in [1.54, 1.807) is 18.3 Å². The first-order valence-corrected chi connectivity index (χ1v) is 11.2. The highest BCUT2D eigenvalue weighted by Gasteiger charge is 2.59. The summed E-state index contributed by atoms with van der Waals surface area (Å²) in [6.45, 7) is 1.88. The van der Waals surface area contributed by atoms with Crippen molar-refractivity contribution in [3.63, 3.8) is 0 Å². The van der Waals surface area contributed by atoms with Crippen molar-refractivity contribution >= 4 is 33.8 Å². The Balaban J connectivity index is 1.08. The van der Waals surface area contributed by atoms with E-state index >= 15 is 0 Å². The third kappa shape index (κ3) is 3.55. The number of nitrogens with zero attached hydrogens (tertiary/aromatic N) is 2. The van der Waals surface area contributed by atoms with Crippen molar-refractivity contribution in [1.82, 2.24) is 15.0 Å². The van der Waals surface area contributed by atoms with Crippen LogP contribution < -0.4 is 10.1 Å². The molecular formula is C25H21F3N4O2. The average molecular weight is 466 g/mol. The molecule has 4 aromatic rings. The molecule has 2 fully saturated rings. The molecule has 34 heavy (non-hydrogen) atoms. The molecule has 2 saturated carbocycles. The van der Waals surface area contributed by atoms with E-state index in [-0.39, 0.29) is 41.1 Å². The molecule has 0 aliphatic heterocycles. The van der Waals surface area contributed by atoms with Crippen molar-refractivity contribution in [3.8, 4) is 5.75 Å². The molecule has 2 aliphatic rings. The number of carbonyl (C=O) groups excluding carboxylic acids is 1. The van der Waals surface area contributed by atoms with Crippen LogP contribution in [-0.2, 0) is 4.79 Å². The number of amides is 1. The van der Waals surface area contributed by atoms with Gasteiger partial charge in [0.25, 0.3) is 0 Å². The molecule has 6 rings (SSSR count). The van der Waals surface area contributed by atoms with Crippen LogP contribution in [0.3, 0.4) is 0 Å². The summed E-state index contributed by atoms with van der Waals surface area (Å²) in [4.78, 5) is 24.0. The Kier molecular flexibility index (Phi) is 4.75. The van der Waals surface area contributed by atoms with Crippen LogP contribution in [0.25, 0.3) is 21.9 Å². The van der Waals surface area contributed by atoms with Gasteiger partial charge in [0.1, 0.15) is 11.6 Å². The second kappa shape index (κ2) is 7.72. The number of pyridine rings is 1. The van der Waals surface area contributed by atoms with Gasteiger partial charge in [0.05, 0.1) is 22.7 Å². The molecule has 9 heteroatoms. The smallest absolute Gasteiger partial charge is 0.229 e. The number of nitrogens with one attached hydrogen (secondary N) is 2. The monoisotopic (exact) mass is 466 g/mol. The first-order chi connectivity index (χ1) is 16.4. The van der Waals surface area contributed by atoms with Gasteiger partial charge in [-0.15, -0.1) is 0 Å². The molecule has 2 aliphatic carbocycles. The number of rotatable bonds is 5. The number of H-pyrrole nitrogens is 1. The number of aromatic amines is 1. The second-order valence-corrected chi connectivity index (χ2v) is 9.23. The third-order valence-corrected chi connectivity index (χ3v) is 7.18. The van der Waals surface area contributed by atoms with Crippen LogP contribution in [0.4, 0.5) is 19.1 Å². The van der Waals surface area contributed by atoms with Crippen molar-refractivity contribution in [2.75, 3.05) is 5.32 Å². The number of ether oxygens (including phenoxy) is 1. The lowest BCUT2D eigenvalue weighted by molar-refractivity contribution is -0.120. The van der Waals surface area contributed by atoms with Gasteiger partial charge < -0.3 is 9.72 Å². The SMILES string of the molecule is CC(C(=O)Nc1nc2cc(F)c(F)cc2[nH]1)[C@@H]1[C@@H]2C[C@@H](Oc3ccnc4ccc(F)cc34)C[C@@H]21. The van der Waals surface area contributed by atoms with Crippen molar-refractivity contribution < 1.29 is 22.7 Å². The molecule has 5 atom stereocenters. The van der Waals surface area contributed by atoms with Crippen LogP contribution in [0.15, 0.2) is 42.6 Å². The van der Waals surface area contributed by atoms with Gasteiger partial charge in [0, 0.05) is 29.6 Å². The Hall–Kier alpha value is -3.62. The molecule has 174 valence electrons. The molecule has 0 saturated heterocycles. The maximum Gasteiger partial charge on any atom is 0.229 e. The highest BCUT2D eigenvalue weighted by Crippen LogP contribution is 2.61. The number of carbonyl (C=O) groups is 1. The van der Waals surface area contributed by atoms with Gasteiger partial charge in [-0.2, -0.15) is 0 Å². The van der Waals surface area contributed by atoms with E-state index in [1.807, 2.05) is 6.92 Å². The molecule has 2 N–H and O–H groups in total. The second-order valence-electron chi connectivity index (χ2n) is 9.23. The van der Waals surface area contributed by atoms with Gasteiger partial charge in [-0.1, -0.05) is 6.92 Å². The van der Waals surface area contributed by atoms with Crippen LogP contribution in [0.5, 0.6) is 5.75 Å². The summed E-state index contributed by atoms with van der Waals surface area (Å²) in [6.07, 6.45) is 3.32. The van der Waals surface area contributed by atoms with Crippen molar-refractivity contribution in [2.24, 2.45) is 23.7 Å². The number of anilines is 1. The number of hydrogen-bond acceptors (Lipinski definition) is 4. The van der Waals surface area contributed by atoms with Crippen molar-refractivity contribution in [2.45, 2.75) is 25.9 Å². The summed E-state index contributed by atoms with van der Waals surface area (Å²) in [6, 6.07) is 8.21. The minimum atomic E-state index is -0.988. The third-order valence-electron chi connectivity index (χ3n) is 7.18. The van der Waals surface area contributed by atoms with Gasteiger partial charge in [-0.3, -0.25) is 15.1 Å². The maximum absolute atomic E-state index is 13.7. The lowest BCUT2D eigenvalue weighted by Gasteiger charge is -2.20. The highest BCUT2D eigenvalue weighted by atomic mass is 19.2. The van der Waals surface area contributed by atoms with E-state index in [0.717, 1.165) is 25.0 Å². The van der Waals surface area contributed by atoms with Crippen molar-refractivity contribution in [1.29, 1.82) is 0 Å². The molecule has 0 spiro atoms. The summed E-state index contributed by atoms with van der Waals surface area (Å²) in [5, 5.41) is 3.38. The molecule has 6 nitrogen and oxygen atoms in total. The molecule has 1 amide bonds. The van der Waals surface area contributed by atoms with E-state index < -0.39 is 11.6 Å². The zero-order valence-electron chi connectivity index (χ0n) is 18.2. The molecular weight excluding hydrogens is 445 g/mol. The predicted octanol–water partition coefficient (Wildman–Crippen LogP) is 5.21. The van der Waals surface area contributed by atoms with Gasteiger partial charge in [0.2, 0.25) is 11.9 Å². The standard InChI is InChI=1S/C25H21F3N4O2/c1-11(24(33)32-25-30-20-9-17(27)18(28)10-21(20)31-25)23-14-7-13(8-15(14)23)34-22-4-5-29-19-3-2-12(26)6-16(19)22/h2-6,9-11,13-15,23H,7-8H2,1H3,(H2,30,31,32,33)/t11?,13-,14-,15+,23-. The highest BCUT2D eigenvalue weighted by molar-refractivity contribution is 5.93. The number of halogens is 3. The fraction of sp³-hybridized carbons (Fsp3) is 0.320. The van der Waals surface area contributed by atoms with E-state index in [2.05, 4.69) is 20.3 Å². The van der Waals surface area contributed by atoms with E-state index in [4.69, 9.17) is 4.74 Å². The van der Waals surface area contributed by atoms with E-state index in [9.17, 15) is 18.0 Å². The largest absolute Gasteiger partial charge is 0.490 e. The summed E-state index contributed by atoms with van der Waals surface area (Å²) >= 11 is 0. The molecule has 1 unspecified atom stereocenters. The summed E-state index contributed by atoms with van der Waals surface area (Å²) in [5.74, 6) is -0.931. The zero-order valence-corrected chi connectivity index (χ0v) is 18.2. The van der Waals surface area contributed by atoms with Crippen LogP contribution in [0, 0.1) is 41.1 Å². The topological polar surface area (TPSA) is 79.9 Å². The van der Waals surface area contributed by atoms with Crippen molar-refractivity contribution in [3.05, 3.63) is 60.0 Å². The number of fused-ring (bicyclic) bond motifs is 3. The number of hydrogen-bond donors (Lipinski definition) is 2. The normalized spacial score (nSPS) is 24.2. The van der Waals surface area contributed by atoms with E-state index in [0.29, 0.717) is 34.0 Å². The molecule has 0 radical (unpaired) electrons. The first-order valence-electron chi connectivity index (χ1n) is 11.2. The predicted molar refractivity (Wildman–Crippen MR) is 120 cm³/mol. The van der Waals surface area contributed by atoms with Crippen LogP contribution in [-0.4, -0.2) is 27.0 Å². The Morgan fingerprint density at radius 1 is 1.09 bits per heavy atom. The minimum Gasteiger partial charge on any atom is -0.490 e. The van der Waals surface area contributed by atoms with E-state index in [1.165, 1.54) is 12.1 Å². The fourth-order valence-corrected chi connectivity index (χ4v) is 5.52. The van der Waals surface area contributed by atoms with Gasteiger partial charge in [-0.05, 0) is 54.9 Å². The fourth-order valence-electron chi connectivity index (χ4n) is 5.52. The molecule has 2 aromatic carbocycles. The summed E-state index contributed by atoms with van der Waals surface area (Å²) in [7, 11) is 0. The first kappa shape index (κ1) is 20.9. The number of benzene rings is 2. The lowest BCUT2D eigenvalue weighted by Crippen LogP contribution is -2.26. The molecule has 0 bridgehead atoms. The van der Waals surface area contributed by atoms with Gasteiger partial charge in [0.15, 0.2) is 11.6 Å². The quantitative estimate of drug-likeness (QED) is 0.423. The number of aromatic nitrogens is 3. The molecule has 2 heterocycles. The zero-order chi connectivity index (χ0) is 23.6. The summed E-state index contributed by atoms with van der Waals surface area (Å²) in [5.41, 5.74) is 1.24. The summed E-state index contributed by atoms with van der Waals surface area (Å²) < 4.78 is 46.7. The van der Waals surface area contributed by atoms with Crippen LogP contribution in [0.2, 0.25) is 0 Å². The van der Waals surface area contributed by atoms with Crippen LogP contribution >= 0.6 is 0 Å². The average Bonchev–Trinajstić information content (AvgIpc) is 3.10.